The molecule has 3 fully saturated rings. The van der Waals surface area contributed by atoms with Crippen LogP contribution in [0.4, 0.5) is 5.69 Å². The van der Waals surface area contributed by atoms with E-state index in [4.69, 9.17) is 28.4 Å². The van der Waals surface area contributed by atoms with E-state index in [9.17, 15) is 39.0 Å². The predicted molar refractivity (Wildman–Crippen MR) is 301 cm³/mol. The number of esters is 5. The summed E-state index contributed by atoms with van der Waals surface area (Å²) in [6.45, 7) is 7.94. The number of ketones is 1. The van der Waals surface area contributed by atoms with Crippen LogP contribution in [0.25, 0.3) is 0 Å². The summed E-state index contributed by atoms with van der Waals surface area (Å²) in [5.41, 5.74) is -5.16. The fourth-order valence-electron chi connectivity index (χ4n) is 13.0. The van der Waals surface area contributed by atoms with Crippen molar-refractivity contribution in [1.29, 1.82) is 0 Å². The lowest BCUT2D eigenvalue weighted by molar-refractivity contribution is -0.346. The van der Waals surface area contributed by atoms with Gasteiger partial charge < -0.3 is 48.9 Å². The Kier molecular flexibility index (Phi) is 16.1. The Morgan fingerprint density at radius 2 is 1.36 bits per heavy atom. The van der Waals surface area contributed by atoms with Gasteiger partial charge in [0, 0.05) is 55.2 Å². The zero-order valence-corrected chi connectivity index (χ0v) is 47.2. The van der Waals surface area contributed by atoms with Crippen molar-refractivity contribution >= 4 is 53.1 Å². The third kappa shape index (κ3) is 10.6. The van der Waals surface area contributed by atoms with Gasteiger partial charge in [0.1, 0.15) is 30.0 Å². The average molecular weight is 1140 g/mol. The molecule has 18 heteroatoms. The van der Waals surface area contributed by atoms with Crippen LogP contribution in [0.1, 0.15) is 116 Å². The molecule has 11 atom stereocenters. The van der Waals surface area contributed by atoms with E-state index in [1.54, 1.807) is 117 Å². The van der Waals surface area contributed by atoms with E-state index in [-0.39, 0.29) is 47.4 Å². The molecular formula is C66H64N2O16. The second-order valence-corrected chi connectivity index (χ2v) is 22.7. The fourth-order valence-corrected chi connectivity index (χ4v) is 13.0. The molecule has 2 saturated carbocycles. The molecule has 0 aromatic heterocycles. The first-order valence-corrected chi connectivity index (χ1v) is 27.8. The molecule has 0 unspecified atom stereocenters. The molecule has 0 spiro atoms. The minimum absolute atomic E-state index is 0.0269. The number of rotatable bonds is 14. The monoisotopic (exact) mass is 1140 g/mol. The zero-order valence-electron chi connectivity index (χ0n) is 47.2. The predicted octanol–water partition coefficient (Wildman–Crippen LogP) is 7.01. The smallest absolute Gasteiger partial charge is 0.350 e. The lowest BCUT2D eigenvalue weighted by Crippen LogP contribution is -2.82. The highest BCUT2D eigenvalue weighted by Crippen LogP contribution is 2.64. The molecule has 10 rings (SSSR count). The summed E-state index contributed by atoms with van der Waals surface area (Å²) in [7, 11) is 0. The number of hydrogen-bond acceptors (Lipinski definition) is 16. The third-order valence-corrected chi connectivity index (χ3v) is 17.4. The standard InChI is InChI=1S/C66H64N2O16/c1-38-48(35-66(78)59(83-61(76)45-26-14-9-15-27-45)57-64(6,49(71)34-50-65(57,37-79-50)84-40(3)70)58(74)55(80-39(2)69)53(38)63(66,4)5)81-62(77)56(54(43-22-10-7-11-23-43)67-60(75)44-24-12-8-13-25-44)82-52(73)33-32-51(72)68-36-46-28-17-16-20-41(46)30-31-42-21-18-19-29-47(42)68/h7-29,48-50,54-57,59,71,78H,32-37H2,1-6H3,(H,67,75)/t48-,49-,50+,54-,55+,56+,57-,59-,64+,65-,66+/m0/s1. The summed E-state index contributed by atoms with van der Waals surface area (Å²) in [5, 5.41) is 29.3. The number of carbonyl (C=O) groups is 8. The molecule has 2 amide bonds. The van der Waals surface area contributed by atoms with Crippen molar-refractivity contribution < 1.29 is 77.0 Å². The molecule has 0 radical (unpaired) electrons. The van der Waals surface area contributed by atoms with E-state index < -0.39 is 137 Å². The van der Waals surface area contributed by atoms with Crippen molar-refractivity contribution in [2.45, 2.75) is 128 Å². The number of amides is 2. The number of carbonyl (C=O) groups excluding carboxylic acids is 8. The molecule has 5 aromatic carbocycles. The molecule has 84 heavy (non-hydrogen) atoms. The fraction of sp³-hybridized carbons (Fsp3) is 0.364. The molecule has 18 nitrogen and oxygen atoms in total. The quantitative estimate of drug-likeness (QED) is 0.0438. The van der Waals surface area contributed by atoms with Crippen LogP contribution in [-0.4, -0.2) is 112 Å². The van der Waals surface area contributed by atoms with Crippen LogP contribution < -0.4 is 10.2 Å². The molecule has 5 aliphatic rings. The Labute approximate surface area is 485 Å². The maximum absolute atomic E-state index is 15.9. The van der Waals surface area contributed by atoms with Crippen LogP contribution in [0.5, 0.6) is 0 Å². The Morgan fingerprint density at radius 3 is 2.00 bits per heavy atom. The van der Waals surface area contributed by atoms with Crippen LogP contribution >= 0.6 is 0 Å². The summed E-state index contributed by atoms with van der Waals surface area (Å²) >= 11 is 0. The van der Waals surface area contributed by atoms with Gasteiger partial charge in [-0.25, -0.2) is 9.59 Å². The van der Waals surface area contributed by atoms with E-state index in [0.29, 0.717) is 11.3 Å². The van der Waals surface area contributed by atoms with Gasteiger partial charge in [-0.2, -0.15) is 0 Å². The third-order valence-electron chi connectivity index (χ3n) is 17.4. The van der Waals surface area contributed by atoms with Crippen molar-refractivity contribution in [1.82, 2.24) is 5.32 Å². The van der Waals surface area contributed by atoms with Crippen molar-refractivity contribution in [3.05, 3.63) is 184 Å². The van der Waals surface area contributed by atoms with Crippen LogP contribution in [0.3, 0.4) is 0 Å². The van der Waals surface area contributed by atoms with Gasteiger partial charge >= 0.3 is 29.8 Å². The first-order valence-electron chi connectivity index (χ1n) is 27.8. The van der Waals surface area contributed by atoms with Gasteiger partial charge in [-0.05, 0) is 78.6 Å². The Morgan fingerprint density at radius 1 is 0.750 bits per heavy atom. The van der Waals surface area contributed by atoms with Crippen LogP contribution in [0, 0.1) is 28.6 Å². The number of nitrogens with one attached hydrogen (secondary N) is 1. The number of nitrogens with zero attached hydrogens (tertiary/aromatic N) is 1. The number of hydrogen-bond donors (Lipinski definition) is 3. The molecule has 434 valence electrons. The topological polar surface area (TPSA) is 248 Å². The maximum atomic E-state index is 15.9. The number of aliphatic hydroxyl groups is 2. The number of anilines is 1. The van der Waals surface area contributed by atoms with Crippen molar-refractivity contribution in [3.63, 3.8) is 0 Å². The number of ether oxygens (including phenoxy) is 6. The molecule has 2 bridgehead atoms. The Bertz CT molecular complexity index is 3540. The van der Waals surface area contributed by atoms with Gasteiger partial charge in [0.15, 0.2) is 17.5 Å². The van der Waals surface area contributed by atoms with E-state index in [0.717, 1.165) is 25.0 Å². The summed E-state index contributed by atoms with van der Waals surface area (Å²) < 4.78 is 37.3. The molecular weight excluding hydrogens is 1080 g/mol. The van der Waals surface area contributed by atoms with E-state index in [1.165, 1.54) is 30.9 Å². The number of fused-ring (bicyclic) bond motifs is 7. The maximum Gasteiger partial charge on any atom is 0.350 e. The van der Waals surface area contributed by atoms with Crippen LogP contribution in [-0.2, 0) is 63.7 Å². The largest absolute Gasteiger partial charge is 0.455 e. The average Bonchev–Trinajstić information content (AvgIpc) is 0.676. The van der Waals surface area contributed by atoms with Crippen LogP contribution in [0.2, 0.25) is 0 Å². The van der Waals surface area contributed by atoms with Crippen molar-refractivity contribution in [2.75, 3.05) is 11.5 Å². The van der Waals surface area contributed by atoms with E-state index in [2.05, 4.69) is 17.2 Å². The molecule has 2 aliphatic heterocycles. The lowest BCUT2D eigenvalue weighted by Gasteiger charge is -2.67. The van der Waals surface area contributed by atoms with Crippen LogP contribution in [0.15, 0.2) is 151 Å². The minimum atomic E-state index is -2.52. The summed E-state index contributed by atoms with van der Waals surface area (Å²) in [6.07, 6.45) is -12.1. The first-order chi connectivity index (χ1) is 40.1. The summed E-state index contributed by atoms with van der Waals surface area (Å²) in [4.78, 5) is 118. The highest BCUT2D eigenvalue weighted by molar-refractivity contribution is 5.98. The second kappa shape index (κ2) is 23.1. The second-order valence-electron chi connectivity index (χ2n) is 22.7. The Balaban J connectivity index is 1.07. The van der Waals surface area contributed by atoms with E-state index in [1.807, 2.05) is 24.3 Å². The number of aliphatic hydroxyl groups excluding tert-OH is 1. The van der Waals surface area contributed by atoms with Gasteiger partial charge in [0.05, 0.1) is 48.3 Å². The number of Topliss-reactive ketones (excluding diaryl/α,β-unsaturated/α-hetero) is 1. The zero-order chi connectivity index (χ0) is 59.9. The summed E-state index contributed by atoms with van der Waals surface area (Å²) in [6, 6.07) is 37.0. The van der Waals surface area contributed by atoms with Gasteiger partial charge in [-0.1, -0.05) is 123 Å². The van der Waals surface area contributed by atoms with Crippen molar-refractivity contribution in [3.8, 4) is 11.8 Å². The van der Waals surface area contributed by atoms with Gasteiger partial charge in [0.25, 0.3) is 5.91 Å². The van der Waals surface area contributed by atoms with Gasteiger partial charge in [-0.3, -0.25) is 28.8 Å². The molecule has 3 aliphatic carbocycles. The minimum Gasteiger partial charge on any atom is -0.455 e. The Hall–Kier alpha value is -8.76. The highest BCUT2D eigenvalue weighted by Gasteiger charge is 2.78. The molecule has 1 saturated heterocycles. The first kappa shape index (κ1) is 58.4. The molecule has 2 heterocycles. The number of benzene rings is 5. The summed E-state index contributed by atoms with van der Waals surface area (Å²) in [5.74, 6) is -2.41. The van der Waals surface area contributed by atoms with Gasteiger partial charge in [-0.15, -0.1) is 0 Å². The normalized spacial score (nSPS) is 26.9. The molecule has 3 N–H and O–H groups in total. The SMILES string of the molecule is CC(=O)O[C@H]1C(=O)[C@@]2(C)[C@H]([C@H](OC(=O)c3ccccc3)[C@]3(O)C[C@H](OC(=O)[C@H](OC(=O)CCC(=O)N4Cc5ccccc5C#Cc5ccccc54)[C@@H](NC(=O)c4ccccc4)c4ccccc4)C(C)=C1C3(C)C)[C@]1(OC(C)=O)CO[C@@H]1C[C@@H]2O. The van der Waals surface area contributed by atoms with E-state index >= 15 is 9.59 Å². The lowest BCUT2D eigenvalue weighted by atomic mass is 9.44. The van der Waals surface area contributed by atoms with Gasteiger partial charge in [0.2, 0.25) is 12.0 Å². The van der Waals surface area contributed by atoms with Crippen molar-refractivity contribution in [2.24, 2.45) is 16.7 Å². The molecule has 5 aromatic rings. The highest BCUT2D eigenvalue weighted by atomic mass is 16.6. The number of para-hydroxylation sites is 1.